The number of hydrogen-bond acceptors (Lipinski definition) is 5. The summed E-state index contributed by atoms with van der Waals surface area (Å²) in [5.41, 5.74) is 1.61. The number of sulfone groups is 1. The zero-order valence-electron chi connectivity index (χ0n) is 16.8. The van der Waals surface area contributed by atoms with Gasteiger partial charge in [-0.05, 0) is 62.4 Å². The third kappa shape index (κ3) is 3.24. The normalized spacial score (nSPS) is 23.8. The molecule has 0 aliphatic carbocycles. The van der Waals surface area contributed by atoms with Crippen molar-refractivity contribution in [1.29, 1.82) is 0 Å². The Morgan fingerprint density at radius 1 is 1.10 bits per heavy atom. The van der Waals surface area contributed by atoms with Crippen LogP contribution in [0.4, 0.5) is 0 Å². The number of amides is 1. The summed E-state index contributed by atoms with van der Waals surface area (Å²) in [6, 6.07) is 14.4. The van der Waals surface area contributed by atoms with Crippen LogP contribution in [0, 0.1) is 0 Å². The molecule has 2 aliphatic heterocycles. The lowest BCUT2D eigenvalue weighted by Crippen LogP contribution is -2.49. The molecule has 5 rings (SSSR count). The minimum atomic E-state index is -3.38. The molecule has 7 heteroatoms. The fourth-order valence-electron chi connectivity index (χ4n) is 4.92. The SMILES string of the molecule is CCc1nc2ccc(C(=O)N3C4CCC3CC(S(=O)(=O)c3ccccc3)C4)cc2s1. The maximum atomic E-state index is 13.4. The summed E-state index contributed by atoms with van der Waals surface area (Å²) in [5.74, 6) is 0.0198. The van der Waals surface area contributed by atoms with Crippen LogP contribution in [0.2, 0.25) is 0 Å². The summed E-state index contributed by atoms with van der Waals surface area (Å²) in [5, 5.41) is 0.652. The molecule has 3 aromatic rings. The highest BCUT2D eigenvalue weighted by Crippen LogP contribution is 2.41. The van der Waals surface area contributed by atoms with Crippen molar-refractivity contribution in [2.75, 3.05) is 0 Å². The van der Waals surface area contributed by atoms with E-state index in [0.717, 1.165) is 34.5 Å². The molecule has 1 aromatic heterocycles. The highest BCUT2D eigenvalue weighted by Gasteiger charge is 2.47. The van der Waals surface area contributed by atoms with E-state index in [1.165, 1.54) is 0 Å². The van der Waals surface area contributed by atoms with Gasteiger partial charge in [0.2, 0.25) is 0 Å². The summed E-state index contributed by atoms with van der Waals surface area (Å²) in [6.07, 6.45) is 3.67. The monoisotopic (exact) mass is 440 g/mol. The zero-order chi connectivity index (χ0) is 20.9. The number of thiazole rings is 1. The molecule has 5 nitrogen and oxygen atoms in total. The molecule has 156 valence electrons. The number of aryl methyl sites for hydroxylation is 1. The van der Waals surface area contributed by atoms with Crippen LogP contribution < -0.4 is 0 Å². The minimum absolute atomic E-state index is 0.0110. The number of fused-ring (bicyclic) bond motifs is 3. The third-order valence-corrected chi connectivity index (χ3v) is 9.77. The van der Waals surface area contributed by atoms with Gasteiger partial charge in [-0.25, -0.2) is 13.4 Å². The first-order valence-corrected chi connectivity index (χ1v) is 12.8. The number of benzene rings is 2. The molecule has 0 spiro atoms. The van der Waals surface area contributed by atoms with Crippen molar-refractivity contribution < 1.29 is 13.2 Å². The fraction of sp³-hybridized carbons (Fsp3) is 0.391. The van der Waals surface area contributed by atoms with Gasteiger partial charge in [-0.2, -0.15) is 0 Å². The zero-order valence-corrected chi connectivity index (χ0v) is 18.5. The first kappa shape index (κ1) is 19.7. The van der Waals surface area contributed by atoms with E-state index in [9.17, 15) is 13.2 Å². The summed E-state index contributed by atoms with van der Waals surface area (Å²) in [4.78, 5) is 20.3. The van der Waals surface area contributed by atoms with E-state index in [4.69, 9.17) is 0 Å². The molecule has 0 radical (unpaired) electrons. The van der Waals surface area contributed by atoms with Gasteiger partial charge in [0.1, 0.15) is 0 Å². The number of carbonyl (C=O) groups is 1. The van der Waals surface area contributed by atoms with Gasteiger partial charge in [0.05, 0.1) is 25.4 Å². The average Bonchev–Trinajstić information content (AvgIpc) is 3.30. The molecule has 2 fully saturated rings. The molecular formula is C23H24N2O3S2. The van der Waals surface area contributed by atoms with E-state index >= 15 is 0 Å². The third-order valence-electron chi connectivity index (χ3n) is 6.42. The highest BCUT2D eigenvalue weighted by atomic mass is 32.2. The lowest BCUT2D eigenvalue weighted by Gasteiger charge is -2.38. The van der Waals surface area contributed by atoms with Gasteiger partial charge in [-0.15, -0.1) is 11.3 Å². The Morgan fingerprint density at radius 3 is 2.47 bits per heavy atom. The molecule has 3 heterocycles. The first-order chi connectivity index (χ1) is 14.5. The van der Waals surface area contributed by atoms with Gasteiger partial charge in [0.25, 0.3) is 5.91 Å². The van der Waals surface area contributed by atoms with Crippen LogP contribution in [0.15, 0.2) is 53.4 Å². The van der Waals surface area contributed by atoms with E-state index < -0.39 is 15.1 Å². The van der Waals surface area contributed by atoms with Crippen molar-refractivity contribution >= 4 is 37.3 Å². The van der Waals surface area contributed by atoms with Crippen LogP contribution in [0.25, 0.3) is 10.2 Å². The molecule has 2 bridgehead atoms. The number of hydrogen-bond donors (Lipinski definition) is 0. The van der Waals surface area contributed by atoms with E-state index in [1.807, 2.05) is 29.2 Å². The smallest absolute Gasteiger partial charge is 0.254 e. The molecule has 2 aromatic carbocycles. The van der Waals surface area contributed by atoms with Gasteiger partial charge in [0, 0.05) is 17.6 Å². The maximum Gasteiger partial charge on any atom is 0.254 e. The van der Waals surface area contributed by atoms with E-state index in [-0.39, 0.29) is 18.0 Å². The minimum Gasteiger partial charge on any atom is -0.333 e. The largest absolute Gasteiger partial charge is 0.333 e. The van der Waals surface area contributed by atoms with Crippen LogP contribution >= 0.6 is 11.3 Å². The van der Waals surface area contributed by atoms with Crippen LogP contribution in [-0.4, -0.2) is 41.5 Å². The van der Waals surface area contributed by atoms with Gasteiger partial charge in [-0.1, -0.05) is 25.1 Å². The first-order valence-electron chi connectivity index (χ1n) is 10.5. The second kappa shape index (κ2) is 7.46. The Balaban J connectivity index is 1.39. The quantitative estimate of drug-likeness (QED) is 0.600. The van der Waals surface area contributed by atoms with Crippen LogP contribution in [-0.2, 0) is 16.3 Å². The van der Waals surface area contributed by atoms with Crippen LogP contribution in [0.3, 0.4) is 0 Å². The fourth-order valence-corrected chi connectivity index (χ4v) is 7.74. The summed E-state index contributed by atoms with van der Waals surface area (Å²) < 4.78 is 27.3. The number of aromatic nitrogens is 1. The Labute approximate surface area is 180 Å². The summed E-state index contributed by atoms with van der Waals surface area (Å²) in [7, 11) is -3.38. The number of rotatable bonds is 4. The van der Waals surface area contributed by atoms with Crippen LogP contribution in [0.5, 0.6) is 0 Å². The Kier molecular flexibility index (Phi) is 4.90. The molecule has 2 aliphatic rings. The van der Waals surface area contributed by atoms with Crippen LogP contribution in [0.1, 0.15) is 48.0 Å². The second-order valence-electron chi connectivity index (χ2n) is 8.19. The van der Waals surface area contributed by atoms with Crippen molar-refractivity contribution in [3.63, 3.8) is 0 Å². The van der Waals surface area contributed by atoms with Gasteiger partial charge in [0.15, 0.2) is 9.84 Å². The van der Waals surface area contributed by atoms with Gasteiger partial charge >= 0.3 is 0 Å². The molecule has 1 amide bonds. The van der Waals surface area contributed by atoms with E-state index in [2.05, 4.69) is 11.9 Å². The van der Waals surface area contributed by atoms with Crippen molar-refractivity contribution in [2.45, 2.75) is 61.3 Å². The number of carbonyl (C=O) groups excluding carboxylic acids is 1. The van der Waals surface area contributed by atoms with Crippen molar-refractivity contribution in [2.24, 2.45) is 0 Å². The lowest BCUT2D eigenvalue weighted by molar-refractivity contribution is 0.0598. The second-order valence-corrected chi connectivity index (χ2v) is 11.5. The predicted octanol–water partition coefficient (Wildman–Crippen LogP) is 4.47. The molecule has 2 unspecified atom stereocenters. The molecular weight excluding hydrogens is 416 g/mol. The van der Waals surface area contributed by atoms with Gasteiger partial charge in [-0.3, -0.25) is 4.79 Å². The van der Waals surface area contributed by atoms with Crippen molar-refractivity contribution in [1.82, 2.24) is 9.88 Å². The topological polar surface area (TPSA) is 67.3 Å². The van der Waals surface area contributed by atoms with Crippen molar-refractivity contribution in [3.8, 4) is 0 Å². The lowest BCUT2D eigenvalue weighted by atomic mass is 10.0. The highest BCUT2D eigenvalue weighted by molar-refractivity contribution is 7.92. The van der Waals surface area contributed by atoms with E-state index in [0.29, 0.717) is 23.3 Å². The number of nitrogens with zero attached hydrogens (tertiary/aromatic N) is 2. The molecule has 2 saturated heterocycles. The molecule has 0 saturated carbocycles. The standard InChI is InChI=1S/C23H24N2O3S2/c1-2-22-24-20-11-8-15(12-21(20)29-22)23(26)25-16-9-10-17(25)14-19(13-16)30(27,28)18-6-4-3-5-7-18/h3-8,11-12,16-17,19H,2,9-10,13-14H2,1H3. The predicted molar refractivity (Wildman–Crippen MR) is 119 cm³/mol. The summed E-state index contributed by atoms with van der Waals surface area (Å²) in [6.45, 7) is 2.08. The van der Waals surface area contributed by atoms with E-state index in [1.54, 1.807) is 35.6 Å². The Morgan fingerprint density at radius 2 is 1.80 bits per heavy atom. The number of piperidine rings is 1. The average molecular weight is 441 g/mol. The maximum absolute atomic E-state index is 13.4. The molecule has 0 N–H and O–H groups in total. The molecule has 2 atom stereocenters. The Bertz CT molecular complexity index is 1190. The van der Waals surface area contributed by atoms with Gasteiger partial charge < -0.3 is 4.90 Å². The molecule has 30 heavy (non-hydrogen) atoms. The van der Waals surface area contributed by atoms with Crippen molar-refractivity contribution in [3.05, 3.63) is 59.1 Å². The summed E-state index contributed by atoms with van der Waals surface area (Å²) >= 11 is 1.63. The Hall–Kier alpha value is -2.25.